The van der Waals surface area contributed by atoms with E-state index < -0.39 is 5.97 Å². The van der Waals surface area contributed by atoms with Gasteiger partial charge in [-0.3, -0.25) is 9.59 Å². The molecule has 0 saturated heterocycles. The van der Waals surface area contributed by atoms with Crippen LogP contribution in [0.5, 0.6) is 0 Å². The first kappa shape index (κ1) is 13.6. The molecule has 0 aromatic heterocycles. The van der Waals surface area contributed by atoms with Crippen molar-refractivity contribution in [2.45, 2.75) is 38.6 Å². The summed E-state index contributed by atoms with van der Waals surface area (Å²) >= 11 is 0. The predicted octanol–water partition coefficient (Wildman–Crippen LogP) is 1.77. The van der Waals surface area contributed by atoms with Crippen molar-refractivity contribution < 1.29 is 14.7 Å². The summed E-state index contributed by atoms with van der Waals surface area (Å²) in [5.74, 6) is -0.948. The summed E-state index contributed by atoms with van der Waals surface area (Å²) in [5, 5.41) is 11.5. The predicted molar refractivity (Wildman–Crippen MR) is 71.8 cm³/mol. The number of amides is 1. The van der Waals surface area contributed by atoms with E-state index in [1.54, 1.807) is 6.92 Å². The second kappa shape index (κ2) is 5.87. The highest BCUT2D eigenvalue weighted by Gasteiger charge is 2.25. The van der Waals surface area contributed by atoms with Gasteiger partial charge in [-0.15, -0.1) is 0 Å². The Labute approximate surface area is 112 Å². The maximum atomic E-state index is 12.1. The second-order valence-electron chi connectivity index (χ2n) is 5.22. The third kappa shape index (κ3) is 3.56. The molecule has 0 bridgehead atoms. The number of carboxylic acid groups (broad SMARTS) is 1. The molecule has 0 fully saturated rings. The highest BCUT2D eigenvalue weighted by atomic mass is 16.4. The lowest BCUT2D eigenvalue weighted by Gasteiger charge is -2.25. The Morgan fingerprint density at radius 2 is 2.05 bits per heavy atom. The van der Waals surface area contributed by atoms with Gasteiger partial charge < -0.3 is 10.4 Å². The third-order valence-electron chi connectivity index (χ3n) is 3.59. The molecule has 102 valence electrons. The van der Waals surface area contributed by atoms with Crippen LogP contribution in [-0.2, 0) is 22.4 Å². The molecule has 1 aliphatic rings. The SMILES string of the molecule is CC(CC(=O)O)NC(=O)C1CCc2ccccc2C1. The molecular formula is C15H19NO3. The highest BCUT2D eigenvalue weighted by molar-refractivity contribution is 5.80. The molecule has 0 spiro atoms. The maximum absolute atomic E-state index is 12.1. The molecular weight excluding hydrogens is 242 g/mol. The lowest BCUT2D eigenvalue weighted by atomic mass is 9.83. The van der Waals surface area contributed by atoms with Gasteiger partial charge in [0, 0.05) is 12.0 Å². The molecule has 0 saturated carbocycles. The maximum Gasteiger partial charge on any atom is 0.305 e. The van der Waals surface area contributed by atoms with Gasteiger partial charge in [-0.05, 0) is 37.3 Å². The standard InChI is InChI=1S/C15H19NO3/c1-10(8-14(17)18)16-15(19)13-7-6-11-4-2-3-5-12(11)9-13/h2-5,10,13H,6-9H2,1H3,(H,16,19)(H,17,18). The van der Waals surface area contributed by atoms with Crippen molar-refractivity contribution in [3.05, 3.63) is 35.4 Å². The van der Waals surface area contributed by atoms with Crippen LogP contribution in [0.3, 0.4) is 0 Å². The van der Waals surface area contributed by atoms with Crippen molar-refractivity contribution in [2.24, 2.45) is 5.92 Å². The third-order valence-corrected chi connectivity index (χ3v) is 3.59. The van der Waals surface area contributed by atoms with Gasteiger partial charge in [-0.25, -0.2) is 0 Å². The van der Waals surface area contributed by atoms with E-state index >= 15 is 0 Å². The Morgan fingerprint density at radius 3 is 2.74 bits per heavy atom. The molecule has 4 heteroatoms. The van der Waals surface area contributed by atoms with Crippen LogP contribution >= 0.6 is 0 Å². The average molecular weight is 261 g/mol. The number of aryl methyl sites for hydroxylation is 1. The minimum Gasteiger partial charge on any atom is -0.481 e. The van der Waals surface area contributed by atoms with E-state index in [2.05, 4.69) is 17.4 Å². The quantitative estimate of drug-likeness (QED) is 0.868. The number of carbonyl (C=O) groups is 2. The number of hydrogen-bond acceptors (Lipinski definition) is 2. The number of carbonyl (C=O) groups excluding carboxylic acids is 1. The number of rotatable bonds is 4. The first-order valence-corrected chi connectivity index (χ1v) is 6.65. The zero-order chi connectivity index (χ0) is 13.8. The minimum atomic E-state index is -0.887. The molecule has 1 amide bonds. The number of nitrogens with one attached hydrogen (secondary N) is 1. The Morgan fingerprint density at radius 1 is 1.37 bits per heavy atom. The van der Waals surface area contributed by atoms with Crippen molar-refractivity contribution >= 4 is 11.9 Å². The minimum absolute atomic E-state index is 0.0248. The van der Waals surface area contributed by atoms with Gasteiger partial charge >= 0.3 is 5.97 Å². The average Bonchev–Trinajstić information content (AvgIpc) is 2.37. The largest absolute Gasteiger partial charge is 0.481 e. The first-order valence-electron chi connectivity index (χ1n) is 6.65. The van der Waals surface area contributed by atoms with E-state index in [1.165, 1.54) is 11.1 Å². The molecule has 1 aromatic rings. The van der Waals surface area contributed by atoms with Crippen molar-refractivity contribution in [3.8, 4) is 0 Å². The first-order chi connectivity index (χ1) is 9.06. The molecule has 2 N–H and O–H groups in total. The Balaban J connectivity index is 1.93. The van der Waals surface area contributed by atoms with Crippen LogP contribution in [-0.4, -0.2) is 23.0 Å². The summed E-state index contributed by atoms with van der Waals surface area (Å²) in [5.41, 5.74) is 2.56. The zero-order valence-electron chi connectivity index (χ0n) is 11.1. The molecule has 0 aliphatic heterocycles. The Hall–Kier alpha value is -1.84. The van der Waals surface area contributed by atoms with Crippen LogP contribution in [0.1, 0.15) is 30.9 Å². The summed E-state index contributed by atoms with van der Waals surface area (Å²) in [6, 6.07) is 7.87. The molecule has 2 atom stereocenters. The lowest BCUT2D eigenvalue weighted by Crippen LogP contribution is -2.40. The Kier molecular flexibility index (Phi) is 4.20. The van der Waals surface area contributed by atoms with Crippen LogP contribution < -0.4 is 5.32 Å². The number of aliphatic carboxylic acids is 1. The van der Waals surface area contributed by atoms with Crippen LogP contribution in [0.15, 0.2) is 24.3 Å². The number of hydrogen-bond donors (Lipinski definition) is 2. The second-order valence-corrected chi connectivity index (χ2v) is 5.22. The van der Waals surface area contributed by atoms with Gasteiger partial charge in [0.25, 0.3) is 0 Å². The molecule has 4 nitrogen and oxygen atoms in total. The molecule has 1 aliphatic carbocycles. The summed E-state index contributed by atoms with van der Waals surface area (Å²) in [4.78, 5) is 22.7. The fraction of sp³-hybridized carbons (Fsp3) is 0.467. The zero-order valence-corrected chi connectivity index (χ0v) is 11.1. The summed E-state index contributed by atoms with van der Waals surface area (Å²) in [6.45, 7) is 1.72. The van der Waals surface area contributed by atoms with Crippen LogP contribution in [0.25, 0.3) is 0 Å². The summed E-state index contributed by atoms with van der Waals surface area (Å²) < 4.78 is 0. The van der Waals surface area contributed by atoms with E-state index in [9.17, 15) is 9.59 Å². The molecule has 2 rings (SSSR count). The van der Waals surface area contributed by atoms with E-state index in [4.69, 9.17) is 5.11 Å². The van der Waals surface area contributed by atoms with Crippen LogP contribution in [0.2, 0.25) is 0 Å². The molecule has 0 heterocycles. The van der Waals surface area contributed by atoms with Gasteiger partial charge in [-0.1, -0.05) is 24.3 Å². The molecule has 19 heavy (non-hydrogen) atoms. The van der Waals surface area contributed by atoms with E-state index in [0.717, 1.165) is 19.3 Å². The number of carboxylic acids is 1. The van der Waals surface area contributed by atoms with E-state index in [-0.39, 0.29) is 24.3 Å². The topological polar surface area (TPSA) is 66.4 Å². The van der Waals surface area contributed by atoms with Gasteiger partial charge in [0.2, 0.25) is 5.91 Å². The molecule has 0 radical (unpaired) electrons. The van der Waals surface area contributed by atoms with Crippen LogP contribution in [0, 0.1) is 5.92 Å². The lowest BCUT2D eigenvalue weighted by molar-refractivity contribution is -0.137. The van der Waals surface area contributed by atoms with E-state index in [1.807, 2.05) is 12.1 Å². The van der Waals surface area contributed by atoms with Crippen LogP contribution in [0.4, 0.5) is 0 Å². The fourth-order valence-electron chi connectivity index (χ4n) is 2.60. The van der Waals surface area contributed by atoms with Crippen molar-refractivity contribution in [2.75, 3.05) is 0 Å². The van der Waals surface area contributed by atoms with Gasteiger partial charge in [0.15, 0.2) is 0 Å². The van der Waals surface area contributed by atoms with Crippen molar-refractivity contribution in [3.63, 3.8) is 0 Å². The van der Waals surface area contributed by atoms with Crippen molar-refractivity contribution in [1.82, 2.24) is 5.32 Å². The van der Waals surface area contributed by atoms with Gasteiger partial charge in [0.05, 0.1) is 6.42 Å². The van der Waals surface area contributed by atoms with E-state index in [0.29, 0.717) is 0 Å². The number of benzene rings is 1. The summed E-state index contributed by atoms with van der Waals surface area (Å²) in [7, 11) is 0. The smallest absolute Gasteiger partial charge is 0.305 e. The molecule has 1 aromatic carbocycles. The molecule has 2 unspecified atom stereocenters. The van der Waals surface area contributed by atoms with Crippen molar-refractivity contribution in [1.29, 1.82) is 0 Å². The normalized spacial score (nSPS) is 19.3. The van der Waals surface area contributed by atoms with Gasteiger partial charge in [0.1, 0.15) is 0 Å². The fourth-order valence-corrected chi connectivity index (χ4v) is 2.60. The van der Waals surface area contributed by atoms with Gasteiger partial charge in [-0.2, -0.15) is 0 Å². The summed E-state index contributed by atoms with van der Waals surface area (Å²) in [6.07, 6.45) is 2.47. The monoisotopic (exact) mass is 261 g/mol. The number of fused-ring (bicyclic) bond motifs is 1. The Bertz CT molecular complexity index is 484. The highest BCUT2D eigenvalue weighted by Crippen LogP contribution is 2.25.